The second-order valence-electron chi connectivity index (χ2n) is 7.14. The molecule has 1 aliphatic rings. The summed E-state index contributed by atoms with van der Waals surface area (Å²) < 4.78 is 5.80. The summed E-state index contributed by atoms with van der Waals surface area (Å²) in [6, 6.07) is 13.9. The molecule has 1 aliphatic carbocycles. The average Bonchev–Trinajstić information content (AvgIpc) is 3.20. The molecule has 0 saturated carbocycles. The predicted molar refractivity (Wildman–Crippen MR) is 108 cm³/mol. The van der Waals surface area contributed by atoms with Gasteiger partial charge in [-0.1, -0.05) is 49.5 Å². The Morgan fingerprint density at radius 3 is 2.78 bits per heavy atom. The molecule has 0 radical (unpaired) electrons. The van der Waals surface area contributed by atoms with Gasteiger partial charge in [0, 0.05) is 5.69 Å². The second kappa shape index (κ2) is 7.53. The first-order valence-electron chi connectivity index (χ1n) is 9.27. The Balaban J connectivity index is 1.75. The molecule has 3 aromatic rings. The lowest BCUT2D eigenvalue weighted by Crippen LogP contribution is -2.27. The number of aromatic amines is 1. The molecule has 27 heavy (non-hydrogen) atoms. The highest BCUT2D eigenvalue weighted by atomic mass is 32.1. The number of H-pyrrole nitrogens is 1. The van der Waals surface area contributed by atoms with Crippen molar-refractivity contribution in [1.29, 1.82) is 0 Å². The van der Waals surface area contributed by atoms with Crippen molar-refractivity contribution >= 4 is 18.1 Å². The van der Waals surface area contributed by atoms with E-state index in [9.17, 15) is 4.79 Å². The summed E-state index contributed by atoms with van der Waals surface area (Å²) >= 11 is 5.61. The van der Waals surface area contributed by atoms with Crippen molar-refractivity contribution in [2.24, 2.45) is 5.92 Å². The van der Waals surface area contributed by atoms with E-state index in [2.05, 4.69) is 29.4 Å². The van der Waals surface area contributed by atoms with Gasteiger partial charge >= 0.3 is 0 Å². The van der Waals surface area contributed by atoms with E-state index >= 15 is 0 Å². The van der Waals surface area contributed by atoms with Gasteiger partial charge in [-0.3, -0.25) is 4.79 Å². The minimum Gasteiger partial charge on any atom is -0.467 e. The van der Waals surface area contributed by atoms with Gasteiger partial charge in [0.1, 0.15) is 10.4 Å². The number of amides is 1. The van der Waals surface area contributed by atoms with Crippen molar-refractivity contribution in [2.45, 2.75) is 32.7 Å². The predicted octanol–water partition coefficient (Wildman–Crippen LogP) is 5.06. The van der Waals surface area contributed by atoms with Crippen LogP contribution in [0.1, 0.15) is 40.6 Å². The highest BCUT2D eigenvalue weighted by Gasteiger charge is 2.26. The van der Waals surface area contributed by atoms with E-state index in [0.29, 0.717) is 22.7 Å². The van der Waals surface area contributed by atoms with Crippen molar-refractivity contribution in [2.75, 3.05) is 0 Å². The summed E-state index contributed by atoms with van der Waals surface area (Å²) in [6.45, 7) is 2.61. The van der Waals surface area contributed by atoms with Gasteiger partial charge in [0.2, 0.25) is 0 Å². The van der Waals surface area contributed by atoms with Gasteiger partial charge < -0.3 is 14.7 Å². The molecule has 1 atom stereocenters. The van der Waals surface area contributed by atoms with Crippen LogP contribution in [0.15, 0.2) is 53.1 Å². The molecule has 0 fully saturated rings. The zero-order valence-corrected chi connectivity index (χ0v) is 16.1. The van der Waals surface area contributed by atoms with Gasteiger partial charge in [-0.05, 0) is 54.0 Å². The van der Waals surface area contributed by atoms with Crippen molar-refractivity contribution in [3.63, 3.8) is 0 Å². The Bertz CT molecular complexity index is 1010. The van der Waals surface area contributed by atoms with Crippen LogP contribution in [0.2, 0.25) is 0 Å². The maximum atomic E-state index is 12.9. The van der Waals surface area contributed by atoms with Crippen LogP contribution in [0.3, 0.4) is 0 Å². The van der Waals surface area contributed by atoms with Crippen LogP contribution in [0.25, 0.3) is 11.3 Å². The molecule has 0 unspecified atom stereocenters. The quantitative estimate of drug-likeness (QED) is 0.624. The van der Waals surface area contributed by atoms with Crippen LogP contribution < -0.4 is 5.32 Å². The number of carbonyl (C=O) groups is 1. The Morgan fingerprint density at radius 1 is 1.22 bits per heavy atom. The highest BCUT2D eigenvalue weighted by molar-refractivity contribution is 7.71. The summed E-state index contributed by atoms with van der Waals surface area (Å²) in [4.78, 5) is 16.3. The molecule has 2 N–H and O–H groups in total. The first-order valence-corrected chi connectivity index (χ1v) is 9.68. The van der Waals surface area contributed by atoms with Crippen molar-refractivity contribution in [3.05, 3.63) is 75.8 Å². The van der Waals surface area contributed by atoms with Gasteiger partial charge in [0.25, 0.3) is 5.91 Å². The summed E-state index contributed by atoms with van der Waals surface area (Å²) in [5.41, 5.74) is 5.07. The molecule has 4 nitrogen and oxygen atoms in total. The Kier molecular flexibility index (Phi) is 4.94. The minimum atomic E-state index is -0.141. The van der Waals surface area contributed by atoms with Crippen molar-refractivity contribution in [1.82, 2.24) is 10.3 Å². The van der Waals surface area contributed by atoms with Gasteiger partial charge in [-0.25, -0.2) is 0 Å². The van der Waals surface area contributed by atoms with Gasteiger partial charge in [-0.2, -0.15) is 0 Å². The molecule has 1 aromatic carbocycles. The number of benzene rings is 1. The van der Waals surface area contributed by atoms with Crippen LogP contribution in [0, 0.1) is 10.6 Å². The lowest BCUT2D eigenvalue weighted by molar-refractivity contribution is 0.0945. The van der Waals surface area contributed by atoms with E-state index in [1.54, 1.807) is 6.26 Å². The molecule has 1 amide bonds. The van der Waals surface area contributed by atoms with Crippen molar-refractivity contribution < 1.29 is 9.21 Å². The summed E-state index contributed by atoms with van der Waals surface area (Å²) in [5, 5.41) is 2.94. The van der Waals surface area contributed by atoms with Gasteiger partial charge in [-0.15, -0.1) is 0 Å². The lowest BCUT2D eigenvalue weighted by atomic mass is 9.81. The first-order chi connectivity index (χ1) is 13.1. The Hall–Kier alpha value is -2.66. The molecule has 0 aliphatic heterocycles. The number of carbonyl (C=O) groups excluding carboxylic acids is 1. The fraction of sp³-hybridized carbons (Fsp3) is 0.273. The monoisotopic (exact) mass is 378 g/mol. The lowest BCUT2D eigenvalue weighted by Gasteiger charge is -2.26. The molecule has 2 heterocycles. The highest BCUT2D eigenvalue weighted by Crippen LogP contribution is 2.34. The summed E-state index contributed by atoms with van der Waals surface area (Å²) in [6.07, 6.45) is 4.49. The van der Waals surface area contributed by atoms with E-state index in [-0.39, 0.29) is 5.91 Å². The molecule has 0 saturated heterocycles. The van der Waals surface area contributed by atoms with Crippen molar-refractivity contribution in [3.8, 4) is 11.3 Å². The summed E-state index contributed by atoms with van der Waals surface area (Å²) in [7, 11) is 0. The van der Waals surface area contributed by atoms with Crippen LogP contribution >= 0.6 is 12.2 Å². The zero-order valence-electron chi connectivity index (χ0n) is 15.2. The standard InChI is InChI=1S/C22H22N2O2S/c1-14-9-10-17-18(12-14)20(15-6-3-2-4-7-15)24-22(27)19(17)21(25)23-13-16-8-5-11-26-16/h2-8,11,14H,9-10,12-13H2,1H3,(H,23,25)(H,24,27)/t14-/m0/s1. The number of furan rings is 1. The van der Waals surface area contributed by atoms with Crippen LogP contribution in [0.4, 0.5) is 0 Å². The second-order valence-corrected chi connectivity index (χ2v) is 7.55. The maximum Gasteiger partial charge on any atom is 0.254 e. The van der Waals surface area contributed by atoms with E-state index in [1.807, 2.05) is 30.3 Å². The fourth-order valence-corrected chi connectivity index (χ4v) is 4.11. The van der Waals surface area contributed by atoms with E-state index < -0.39 is 0 Å². The van der Waals surface area contributed by atoms with Crippen LogP contribution in [-0.2, 0) is 19.4 Å². The number of fused-ring (bicyclic) bond motifs is 1. The third-order valence-corrected chi connectivity index (χ3v) is 5.47. The van der Waals surface area contributed by atoms with Gasteiger partial charge in [0.15, 0.2) is 0 Å². The number of hydrogen-bond donors (Lipinski definition) is 2. The van der Waals surface area contributed by atoms with E-state index in [4.69, 9.17) is 16.6 Å². The number of nitrogens with one attached hydrogen (secondary N) is 2. The molecular weight excluding hydrogens is 356 g/mol. The van der Waals surface area contributed by atoms with Crippen LogP contribution in [0.5, 0.6) is 0 Å². The molecule has 0 bridgehead atoms. The molecule has 5 heteroatoms. The molecule has 4 rings (SSSR count). The normalized spacial score (nSPS) is 16.0. The molecule has 138 valence electrons. The zero-order chi connectivity index (χ0) is 18.8. The third-order valence-electron chi connectivity index (χ3n) is 5.17. The Morgan fingerprint density at radius 2 is 2.04 bits per heavy atom. The molecule has 0 spiro atoms. The first kappa shape index (κ1) is 17.7. The largest absolute Gasteiger partial charge is 0.467 e. The number of pyridine rings is 1. The van der Waals surface area contributed by atoms with E-state index in [0.717, 1.165) is 41.8 Å². The smallest absolute Gasteiger partial charge is 0.254 e. The third kappa shape index (κ3) is 3.60. The number of hydrogen-bond acceptors (Lipinski definition) is 3. The number of rotatable bonds is 4. The topological polar surface area (TPSA) is 58.0 Å². The average molecular weight is 378 g/mol. The van der Waals surface area contributed by atoms with E-state index in [1.165, 1.54) is 5.56 Å². The SMILES string of the molecule is C[C@H]1CCc2c(c(-c3ccccc3)[nH]c(=S)c2C(=O)NCc2ccco2)C1. The van der Waals surface area contributed by atoms with Crippen LogP contribution in [-0.4, -0.2) is 10.9 Å². The van der Waals surface area contributed by atoms with Gasteiger partial charge in [0.05, 0.1) is 18.4 Å². The summed E-state index contributed by atoms with van der Waals surface area (Å²) in [5.74, 6) is 1.17. The fourth-order valence-electron chi connectivity index (χ4n) is 3.79. The number of aromatic nitrogens is 1. The molecule has 2 aromatic heterocycles. The minimum absolute atomic E-state index is 0.141. The Labute approximate surface area is 163 Å². The maximum absolute atomic E-state index is 12.9. The molecular formula is C22H22N2O2S.